The lowest BCUT2D eigenvalue weighted by molar-refractivity contribution is -0.144. The molecule has 0 unspecified atom stereocenters. The molecule has 0 spiro atoms. The van der Waals surface area contributed by atoms with Crippen LogP contribution in [0.15, 0.2) is 30.3 Å². The minimum Gasteiger partial charge on any atom is -0.468 e. The fourth-order valence-electron chi connectivity index (χ4n) is 3.96. The summed E-state index contributed by atoms with van der Waals surface area (Å²) in [6.45, 7) is 13.6. The number of esters is 1. The van der Waals surface area contributed by atoms with Gasteiger partial charge in [-0.1, -0.05) is 44.2 Å². The normalized spacial score (nSPS) is 21.8. The molecule has 174 valence electrons. The van der Waals surface area contributed by atoms with Crippen molar-refractivity contribution in [2.45, 2.75) is 84.4 Å². The van der Waals surface area contributed by atoms with E-state index in [9.17, 15) is 9.59 Å². The Morgan fingerprint density at radius 3 is 2.32 bits per heavy atom. The molecule has 1 aromatic rings. The first kappa shape index (κ1) is 25.1. The third kappa shape index (κ3) is 6.68. The van der Waals surface area contributed by atoms with Crippen LogP contribution in [-0.4, -0.2) is 60.1 Å². The van der Waals surface area contributed by atoms with E-state index in [1.165, 1.54) is 7.11 Å². The first-order valence-electron chi connectivity index (χ1n) is 10.9. The van der Waals surface area contributed by atoms with E-state index >= 15 is 0 Å². The summed E-state index contributed by atoms with van der Waals surface area (Å²) >= 11 is 0. The molecule has 1 heterocycles. The van der Waals surface area contributed by atoms with E-state index in [2.05, 4.69) is 5.32 Å². The molecule has 7 nitrogen and oxygen atoms in total. The van der Waals surface area contributed by atoms with E-state index in [0.29, 0.717) is 13.0 Å². The first-order chi connectivity index (χ1) is 14.4. The van der Waals surface area contributed by atoms with Crippen LogP contribution < -0.4 is 5.32 Å². The summed E-state index contributed by atoms with van der Waals surface area (Å²) in [5, 5.41) is 3.29. The fraction of sp³-hybridized carbons (Fsp3) is 0.667. The molecule has 0 aliphatic carbocycles. The molecule has 31 heavy (non-hydrogen) atoms. The van der Waals surface area contributed by atoms with Crippen molar-refractivity contribution in [2.75, 3.05) is 13.7 Å². The number of carbonyl (C=O) groups is 2. The summed E-state index contributed by atoms with van der Waals surface area (Å²) < 4.78 is 17.0. The third-order valence-electron chi connectivity index (χ3n) is 5.32. The van der Waals surface area contributed by atoms with Crippen molar-refractivity contribution in [1.29, 1.82) is 0 Å². The second kappa shape index (κ2) is 10.0. The number of carbonyl (C=O) groups excluding carboxylic acids is 2. The van der Waals surface area contributed by atoms with E-state index < -0.39 is 23.5 Å². The van der Waals surface area contributed by atoms with E-state index in [-0.39, 0.29) is 24.0 Å². The Labute approximate surface area is 186 Å². The Bertz CT molecular complexity index is 742. The number of benzene rings is 1. The van der Waals surface area contributed by atoms with Crippen molar-refractivity contribution in [3.8, 4) is 0 Å². The van der Waals surface area contributed by atoms with Crippen molar-refractivity contribution in [3.05, 3.63) is 35.9 Å². The molecule has 1 saturated heterocycles. The Morgan fingerprint density at radius 2 is 1.81 bits per heavy atom. The maximum atomic E-state index is 13.2. The van der Waals surface area contributed by atoms with Gasteiger partial charge in [-0.3, -0.25) is 9.69 Å². The van der Waals surface area contributed by atoms with Gasteiger partial charge >= 0.3 is 12.1 Å². The highest BCUT2D eigenvalue weighted by atomic mass is 16.6. The van der Waals surface area contributed by atoms with Crippen LogP contribution in [0.5, 0.6) is 0 Å². The SMILES string of the molecule is COC(=O)[C@@H](NC[C@@H]1OC(C)(C)N(C(=O)OC(C)(C)C)[C@H]1Cc1ccccc1)C(C)C. The fourth-order valence-corrected chi connectivity index (χ4v) is 3.96. The molecule has 0 bridgehead atoms. The number of ether oxygens (including phenoxy) is 3. The van der Waals surface area contributed by atoms with Gasteiger partial charge in [0.1, 0.15) is 17.4 Å². The summed E-state index contributed by atoms with van der Waals surface area (Å²) in [6.07, 6.45) is -0.122. The number of rotatable bonds is 7. The van der Waals surface area contributed by atoms with Gasteiger partial charge in [-0.25, -0.2) is 4.79 Å². The van der Waals surface area contributed by atoms with Crippen molar-refractivity contribution in [1.82, 2.24) is 10.2 Å². The van der Waals surface area contributed by atoms with Gasteiger partial charge in [-0.05, 0) is 52.5 Å². The monoisotopic (exact) mass is 434 g/mol. The Morgan fingerprint density at radius 1 is 1.19 bits per heavy atom. The van der Waals surface area contributed by atoms with E-state index in [1.807, 2.05) is 78.8 Å². The van der Waals surface area contributed by atoms with Crippen molar-refractivity contribution < 1.29 is 23.8 Å². The molecule has 0 aromatic heterocycles. The molecule has 2 rings (SSSR count). The lowest BCUT2D eigenvalue weighted by Gasteiger charge is -2.35. The van der Waals surface area contributed by atoms with Gasteiger partial charge in [0.05, 0.1) is 19.3 Å². The largest absolute Gasteiger partial charge is 0.468 e. The van der Waals surface area contributed by atoms with Crippen LogP contribution in [0, 0.1) is 5.92 Å². The molecule has 1 N–H and O–H groups in total. The zero-order valence-corrected chi connectivity index (χ0v) is 20.1. The highest BCUT2D eigenvalue weighted by Gasteiger charge is 2.51. The topological polar surface area (TPSA) is 77.1 Å². The molecule has 0 radical (unpaired) electrons. The average molecular weight is 435 g/mol. The van der Waals surface area contributed by atoms with Crippen molar-refractivity contribution in [3.63, 3.8) is 0 Å². The number of amides is 1. The standard InChI is InChI=1S/C24H38N2O5/c1-16(2)20(21(27)29-8)25-15-19-18(14-17-12-10-9-11-13-17)26(24(6,7)30-19)22(28)31-23(3,4)5/h9-13,16,18-20,25H,14-15H2,1-8H3/t18-,19-,20-/m0/s1. The lowest BCUT2D eigenvalue weighted by atomic mass is 9.99. The van der Waals surface area contributed by atoms with Crippen LogP contribution in [0.1, 0.15) is 54.0 Å². The number of nitrogens with one attached hydrogen (secondary N) is 1. The molecule has 1 aliphatic heterocycles. The molecule has 3 atom stereocenters. The van der Waals surface area contributed by atoms with Crippen LogP contribution >= 0.6 is 0 Å². The maximum absolute atomic E-state index is 13.2. The predicted molar refractivity (Wildman–Crippen MR) is 120 cm³/mol. The molecule has 1 amide bonds. The second-order valence-electron chi connectivity index (χ2n) is 9.86. The number of hydrogen-bond donors (Lipinski definition) is 1. The smallest absolute Gasteiger partial charge is 0.412 e. The predicted octanol–water partition coefficient (Wildman–Crippen LogP) is 3.76. The molecule has 0 saturated carbocycles. The average Bonchev–Trinajstić information content (AvgIpc) is 2.90. The van der Waals surface area contributed by atoms with Gasteiger partial charge in [0, 0.05) is 6.54 Å². The summed E-state index contributed by atoms with van der Waals surface area (Å²) in [4.78, 5) is 27.0. The number of methoxy groups -OCH3 is 1. The van der Waals surface area contributed by atoms with Crippen LogP contribution in [0.2, 0.25) is 0 Å². The van der Waals surface area contributed by atoms with Gasteiger partial charge < -0.3 is 19.5 Å². The third-order valence-corrected chi connectivity index (χ3v) is 5.32. The van der Waals surface area contributed by atoms with Crippen LogP contribution in [0.3, 0.4) is 0 Å². The maximum Gasteiger partial charge on any atom is 0.412 e. The van der Waals surface area contributed by atoms with Gasteiger partial charge in [0.2, 0.25) is 0 Å². The molecular formula is C24H38N2O5. The summed E-state index contributed by atoms with van der Waals surface area (Å²) in [7, 11) is 1.39. The Kier molecular flexibility index (Phi) is 8.11. The van der Waals surface area contributed by atoms with Gasteiger partial charge in [-0.2, -0.15) is 0 Å². The highest BCUT2D eigenvalue weighted by Crippen LogP contribution is 2.35. The van der Waals surface area contributed by atoms with Crippen LogP contribution in [0.4, 0.5) is 4.79 Å². The first-order valence-corrected chi connectivity index (χ1v) is 10.9. The zero-order valence-electron chi connectivity index (χ0n) is 20.1. The minimum atomic E-state index is -0.854. The zero-order chi connectivity index (χ0) is 23.4. The van der Waals surface area contributed by atoms with Gasteiger partial charge in [-0.15, -0.1) is 0 Å². The van der Waals surface area contributed by atoms with Gasteiger partial charge in [0.25, 0.3) is 0 Å². The number of hydrogen-bond acceptors (Lipinski definition) is 6. The summed E-state index contributed by atoms with van der Waals surface area (Å²) in [5.74, 6) is -0.257. The summed E-state index contributed by atoms with van der Waals surface area (Å²) in [5.41, 5.74) is -0.373. The van der Waals surface area contributed by atoms with E-state index in [1.54, 1.807) is 4.90 Å². The van der Waals surface area contributed by atoms with Crippen molar-refractivity contribution >= 4 is 12.1 Å². The van der Waals surface area contributed by atoms with Crippen LogP contribution in [0.25, 0.3) is 0 Å². The van der Waals surface area contributed by atoms with E-state index in [4.69, 9.17) is 14.2 Å². The van der Waals surface area contributed by atoms with E-state index in [0.717, 1.165) is 5.56 Å². The quantitative estimate of drug-likeness (QED) is 0.659. The summed E-state index contributed by atoms with van der Waals surface area (Å²) in [6, 6.07) is 9.28. The molecular weight excluding hydrogens is 396 g/mol. The minimum absolute atomic E-state index is 0.0522. The number of nitrogens with zero attached hydrogens (tertiary/aromatic N) is 1. The molecule has 1 aromatic carbocycles. The van der Waals surface area contributed by atoms with Crippen LogP contribution in [-0.2, 0) is 25.4 Å². The highest BCUT2D eigenvalue weighted by molar-refractivity contribution is 5.76. The molecule has 1 fully saturated rings. The Balaban J connectivity index is 2.30. The Hall–Kier alpha value is -2.12. The second-order valence-corrected chi connectivity index (χ2v) is 9.86. The van der Waals surface area contributed by atoms with Crippen molar-refractivity contribution in [2.24, 2.45) is 5.92 Å². The molecule has 7 heteroatoms. The van der Waals surface area contributed by atoms with Gasteiger partial charge in [0.15, 0.2) is 0 Å². The lowest BCUT2D eigenvalue weighted by Crippen LogP contribution is -2.52. The molecule has 1 aliphatic rings.